The van der Waals surface area contributed by atoms with Crippen LogP contribution in [-0.2, 0) is 6.54 Å². The molecule has 0 unspecified atom stereocenters. The van der Waals surface area contributed by atoms with E-state index < -0.39 is 0 Å². The summed E-state index contributed by atoms with van der Waals surface area (Å²) in [6.45, 7) is 0.438. The molecule has 19 heavy (non-hydrogen) atoms. The average molecular weight is 257 g/mol. The molecule has 0 aliphatic heterocycles. The van der Waals surface area contributed by atoms with Crippen LogP contribution in [0.4, 0.5) is 5.69 Å². The van der Waals surface area contributed by atoms with E-state index in [2.05, 4.69) is 10.3 Å². The lowest BCUT2D eigenvalue weighted by Gasteiger charge is -2.07. The van der Waals surface area contributed by atoms with Gasteiger partial charge >= 0.3 is 0 Å². The highest BCUT2D eigenvalue weighted by Crippen LogP contribution is 2.13. The van der Waals surface area contributed by atoms with E-state index in [0.717, 1.165) is 5.56 Å². The zero-order chi connectivity index (χ0) is 13.7. The van der Waals surface area contributed by atoms with E-state index in [1.165, 1.54) is 13.3 Å². The van der Waals surface area contributed by atoms with E-state index >= 15 is 0 Å². The number of aromatic nitrogens is 1. The van der Waals surface area contributed by atoms with Crippen LogP contribution in [-0.4, -0.2) is 18.0 Å². The Kier molecular flexibility index (Phi) is 4.10. The maximum atomic E-state index is 12.0. The topological polar surface area (TPSA) is 77.2 Å². The number of nitrogens with zero attached hydrogens (tertiary/aromatic N) is 1. The Labute approximate surface area is 111 Å². The van der Waals surface area contributed by atoms with Gasteiger partial charge in [-0.2, -0.15) is 0 Å². The van der Waals surface area contributed by atoms with Gasteiger partial charge in [-0.1, -0.05) is 12.1 Å². The summed E-state index contributed by atoms with van der Waals surface area (Å²) in [6, 6.07) is 10.7. The Morgan fingerprint density at radius 1 is 1.37 bits per heavy atom. The molecule has 3 N–H and O–H groups in total. The van der Waals surface area contributed by atoms with Crippen molar-refractivity contribution in [2.75, 3.05) is 12.4 Å². The molecule has 2 aromatic rings. The first-order chi connectivity index (χ1) is 9.22. The van der Waals surface area contributed by atoms with Crippen LogP contribution in [0.3, 0.4) is 0 Å². The molecule has 0 atom stereocenters. The molecule has 1 aromatic heterocycles. The number of methoxy groups -OCH3 is 1. The molecule has 0 radical (unpaired) electrons. The van der Waals surface area contributed by atoms with Crippen LogP contribution in [0.25, 0.3) is 0 Å². The summed E-state index contributed by atoms with van der Waals surface area (Å²) < 4.78 is 4.94. The maximum absolute atomic E-state index is 12.0. The van der Waals surface area contributed by atoms with Crippen molar-refractivity contribution in [2.24, 2.45) is 5.73 Å². The fraction of sp³-hybridized carbons (Fsp3) is 0.143. The summed E-state index contributed by atoms with van der Waals surface area (Å²) in [5.74, 6) is 0.256. The van der Waals surface area contributed by atoms with Gasteiger partial charge in [-0.15, -0.1) is 0 Å². The summed E-state index contributed by atoms with van der Waals surface area (Å²) in [6.07, 6.45) is 1.47. The first-order valence-electron chi connectivity index (χ1n) is 5.83. The molecule has 0 aliphatic rings. The monoisotopic (exact) mass is 257 g/mol. The van der Waals surface area contributed by atoms with Gasteiger partial charge in [-0.25, -0.2) is 4.98 Å². The van der Waals surface area contributed by atoms with Crippen LogP contribution in [0.5, 0.6) is 5.88 Å². The molecule has 1 amide bonds. The summed E-state index contributed by atoms with van der Waals surface area (Å²) >= 11 is 0. The minimum absolute atomic E-state index is 0.218. The molecule has 5 heteroatoms. The second-order valence-electron chi connectivity index (χ2n) is 3.95. The number of rotatable bonds is 4. The molecule has 0 saturated heterocycles. The van der Waals surface area contributed by atoms with Crippen LogP contribution < -0.4 is 15.8 Å². The number of benzene rings is 1. The highest BCUT2D eigenvalue weighted by Gasteiger charge is 2.07. The molecular formula is C14H15N3O2. The van der Waals surface area contributed by atoms with Gasteiger partial charge in [0, 0.05) is 24.5 Å². The van der Waals surface area contributed by atoms with Crippen LogP contribution in [0.1, 0.15) is 15.9 Å². The lowest BCUT2D eigenvalue weighted by molar-refractivity contribution is 0.102. The lowest BCUT2D eigenvalue weighted by atomic mass is 10.2. The SMILES string of the molecule is COc1ccc(C(=O)Nc2cccc(CN)c2)cn1. The summed E-state index contributed by atoms with van der Waals surface area (Å²) in [5.41, 5.74) is 7.70. The van der Waals surface area contributed by atoms with E-state index in [0.29, 0.717) is 23.7 Å². The van der Waals surface area contributed by atoms with Gasteiger partial charge in [0.1, 0.15) is 0 Å². The molecule has 0 saturated carbocycles. The predicted octanol–water partition coefficient (Wildman–Crippen LogP) is 1.80. The Hall–Kier alpha value is -2.40. The third kappa shape index (κ3) is 3.29. The van der Waals surface area contributed by atoms with E-state index in [9.17, 15) is 4.79 Å². The Balaban J connectivity index is 2.11. The van der Waals surface area contributed by atoms with Crippen molar-refractivity contribution in [1.29, 1.82) is 0 Å². The minimum Gasteiger partial charge on any atom is -0.481 e. The Morgan fingerprint density at radius 2 is 2.21 bits per heavy atom. The number of hydrogen-bond donors (Lipinski definition) is 2. The number of carbonyl (C=O) groups excluding carboxylic acids is 1. The highest BCUT2D eigenvalue weighted by atomic mass is 16.5. The van der Waals surface area contributed by atoms with Crippen molar-refractivity contribution in [3.05, 3.63) is 53.7 Å². The van der Waals surface area contributed by atoms with Crippen LogP contribution in [0.2, 0.25) is 0 Å². The fourth-order valence-corrected chi connectivity index (χ4v) is 1.61. The molecule has 98 valence electrons. The number of ether oxygens (including phenoxy) is 1. The van der Waals surface area contributed by atoms with Crippen molar-refractivity contribution in [3.8, 4) is 5.88 Å². The van der Waals surface area contributed by atoms with Crippen LogP contribution in [0.15, 0.2) is 42.6 Å². The van der Waals surface area contributed by atoms with E-state index in [-0.39, 0.29) is 5.91 Å². The van der Waals surface area contributed by atoms with Gasteiger partial charge in [-0.3, -0.25) is 4.79 Å². The summed E-state index contributed by atoms with van der Waals surface area (Å²) in [4.78, 5) is 16.0. The van der Waals surface area contributed by atoms with E-state index in [1.54, 1.807) is 12.1 Å². The van der Waals surface area contributed by atoms with Gasteiger partial charge in [0.25, 0.3) is 5.91 Å². The van der Waals surface area contributed by atoms with Gasteiger partial charge in [0.15, 0.2) is 0 Å². The third-order valence-electron chi connectivity index (χ3n) is 2.63. The molecule has 0 fully saturated rings. The van der Waals surface area contributed by atoms with Crippen LogP contribution >= 0.6 is 0 Å². The Morgan fingerprint density at radius 3 is 2.84 bits per heavy atom. The normalized spacial score (nSPS) is 10.0. The quantitative estimate of drug-likeness (QED) is 0.875. The number of nitrogens with one attached hydrogen (secondary N) is 1. The molecular weight excluding hydrogens is 242 g/mol. The van der Waals surface area contributed by atoms with Crippen molar-refractivity contribution in [1.82, 2.24) is 4.98 Å². The number of hydrogen-bond acceptors (Lipinski definition) is 4. The first-order valence-corrected chi connectivity index (χ1v) is 5.83. The molecule has 1 heterocycles. The van der Waals surface area contributed by atoms with Crippen molar-refractivity contribution < 1.29 is 9.53 Å². The van der Waals surface area contributed by atoms with Crippen LogP contribution in [0, 0.1) is 0 Å². The molecule has 0 spiro atoms. The average Bonchev–Trinajstić information content (AvgIpc) is 2.47. The maximum Gasteiger partial charge on any atom is 0.257 e. The van der Waals surface area contributed by atoms with Crippen molar-refractivity contribution in [2.45, 2.75) is 6.54 Å². The second-order valence-corrected chi connectivity index (χ2v) is 3.95. The van der Waals surface area contributed by atoms with Gasteiger partial charge in [0.2, 0.25) is 5.88 Å². The summed E-state index contributed by atoms with van der Waals surface area (Å²) in [7, 11) is 1.53. The van der Waals surface area contributed by atoms with E-state index in [1.807, 2.05) is 24.3 Å². The smallest absolute Gasteiger partial charge is 0.257 e. The molecule has 0 aliphatic carbocycles. The summed E-state index contributed by atoms with van der Waals surface area (Å²) in [5, 5.41) is 2.80. The van der Waals surface area contributed by atoms with E-state index in [4.69, 9.17) is 10.5 Å². The lowest BCUT2D eigenvalue weighted by Crippen LogP contribution is -2.12. The molecule has 2 rings (SSSR count). The fourth-order valence-electron chi connectivity index (χ4n) is 1.61. The molecule has 1 aromatic carbocycles. The largest absolute Gasteiger partial charge is 0.481 e. The standard InChI is InChI=1S/C14H15N3O2/c1-19-13-6-5-11(9-16-13)14(18)17-12-4-2-3-10(7-12)8-15/h2-7,9H,8,15H2,1H3,(H,17,18). The molecule has 0 bridgehead atoms. The molecule has 5 nitrogen and oxygen atoms in total. The number of anilines is 1. The third-order valence-corrected chi connectivity index (χ3v) is 2.63. The minimum atomic E-state index is -0.218. The number of pyridine rings is 1. The zero-order valence-electron chi connectivity index (χ0n) is 10.6. The predicted molar refractivity (Wildman–Crippen MR) is 73.1 cm³/mol. The Bertz CT molecular complexity index is 567. The van der Waals surface area contributed by atoms with Crippen molar-refractivity contribution in [3.63, 3.8) is 0 Å². The van der Waals surface area contributed by atoms with Crippen molar-refractivity contribution >= 4 is 11.6 Å². The number of carbonyl (C=O) groups is 1. The number of amides is 1. The van der Waals surface area contributed by atoms with Gasteiger partial charge in [0.05, 0.1) is 12.7 Å². The van der Waals surface area contributed by atoms with Gasteiger partial charge < -0.3 is 15.8 Å². The van der Waals surface area contributed by atoms with Gasteiger partial charge in [-0.05, 0) is 23.8 Å². The highest BCUT2D eigenvalue weighted by molar-refractivity contribution is 6.04. The zero-order valence-corrected chi connectivity index (χ0v) is 10.6. The first kappa shape index (κ1) is 13.0. The second kappa shape index (κ2) is 5.97. The number of nitrogens with two attached hydrogens (primary N) is 1.